The Balaban J connectivity index is 0.00000364. The first-order valence-electron chi connectivity index (χ1n) is 9.68. The van der Waals surface area contributed by atoms with Crippen molar-refractivity contribution < 1.29 is 9.53 Å². The van der Waals surface area contributed by atoms with Crippen LogP contribution in [0.25, 0.3) is 0 Å². The summed E-state index contributed by atoms with van der Waals surface area (Å²) in [6.07, 6.45) is 2.81. The molecule has 1 heterocycles. The lowest BCUT2D eigenvalue weighted by Crippen LogP contribution is -2.47. The van der Waals surface area contributed by atoms with Crippen LogP contribution in [0.1, 0.15) is 38.7 Å². The number of aliphatic imine (C=N–C) groups is 1. The first-order chi connectivity index (χ1) is 12.7. The Hall–Kier alpha value is -1.35. The van der Waals surface area contributed by atoms with E-state index in [0.717, 1.165) is 50.6 Å². The van der Waals surface area contributed by atoms with Gasteiger partial charge < -0.3 is 20.3 Å². The molecule has 1 amide bonds. The molecule has 0 bridgehead atoms. The van der Waals surface area contributed by atoms with Gasteiger partial charge in [0.05, 0.1) is 12.6 Å². The molecule has 0 aromatic heterocycles. The zero-order valence-electron chi connectivity index (χ0n) is 16.4. The molecule has 27 heavy (non-hydrogen) atoms. The molecule has 0 saturated carbocycles. The van der Waals surface area contributed by atoms with Gasteiger partial charge in [0, 0.05) is 39.2 Å². The number of carbonyl (C=O) groups is 1. The average Bonchev–Trinajstić information content (AvgIpc) is 2.67. The Morgan fingerprint density at radius 3 is 2.52 bits per heavy atom. The van der Waals surface area contributed by atoms with E-state index < -0.39 is 0 Å². The predicted molar refractivity (Wildman–Crippen MR) is 121 cm³/mol. The molecule has 7 heteroatoms. The number of rotatable bonds is 8. The van der Waals surface area contributed by atoms with Crippen molar-refractivity contribution in [2.45, 2.75) is 45.8 Å². The summed E-state index contributed by atoms with van der Waals surface area (Å²) in [5, 5.41) is 6.28. The standard InChI is InChI=1S/C20H32N4O2.HI/c1-3-21-20(24-14-11-18(12-15-24)26-4-2)22-13-10-19(25)23-16-17-8-6-5-7-9-17;/h5-9,18H,3-4,10-16H2,1-2H3,(H,21,22)(H,23,25);1H. The molecule has 0 atom stereocenters. The molecule has 1 fully saturated rings. The number of carbonyl (C=O) groups excluding carboxylic acids is 1. The van der Waals surface area contributed by atoms with E-state index in [-0.39, 0.29) is 29.9 Å². The normalized spacial score (nSPS) is 15.2. The van der Waals surface area contributed by atoms with Gasteiger partial charge in [-0.15, -0.1) is 24.0 Å². The Bertz CT molecular complexity index is 560. The van der Waals surface area contributed by atoms with Crippen LogP contribution in [0, 0.1) is 0 Å². The number of guanidine groups is 1. The molecule has 1 aromatic rings. The first-order valence-corrected chi connectivity index (χ1v) is 9.68. The van der Waals surface area contributed by atoms with Crippen LogP contribution in [0.2, 0.25) is 0 Å². The lowest BCUT2D eigenvalue weighted by Gasteiger charge is -2.34. The molecule has 0 aliphatic carbocycles. The van der Waals surface area contributed by atoms with E-state index in [2.05, 4.69) is 27.4 Å². The summed E-state index contributed by atoms with van der Waals surface area (Å²) in [6, 6.07) is 9.94. The van der Waals surface area contributed by atoms with Crippen molar-refractivity contribution in [3.05, 3.63) is 35.9 Å². The monoisotopic (exact) mass is 488 g/mol. The fourth-order valence-corrected chi connectivity index (χ4v) is 3.04. The number of hydrogen-bond acceptors (Lipinski definition) is 3. The summed E-state index contributed by atoms with van der Waals surface area (Å²) in [5.74, 6) is 0.932. The maximum absolute atomic E-state index is 12.0. The van der Waals surface area contributed by atoms with E-state index in [9.17, 15) is 4.79 Å². The second-order valence-corrected chi connectivity index (χ2v) is 6.39. The van der Waals surface area contributed by atoms with Crippen LogP contribution < -0.4 is 10.6 Å². The minimum Gasteiger partial charge on any atom is -0.378 e. The number of benzene rings is 1. The maximum atomic E-state index is 12.0. The van der Waals surface area contributed by atoms with Crippen LogP contribution in [0.3, 0.4) is 0 Å². The molecule has 6 nitrogen and oxygen atoms in total. The van der Waals surface area contributed by atoms with Crippen molar-refractivity contribution in [1.82, 2.24) is 15.5 Å². The number of nitrogens with zero attached hydrogens (tertiary/aromatic N) is 2. The van der Waals surface area contributed by atoms with Gasteiger partial charge in [-0.2, -0.15) is 0 Å². The molecule has 1 aliphatic heterocycles. The number of ether oxygens (including phenoxy) is 1. The zero-order valence-corrected chi connectivity index (χ0v) is 18.8. The molecular formula is C20H33IN4O2. The fraction of sp³-hybridized carbons (Fsp3) is 0.600. The highest BCUT2D eigenvalue weighted by molar-refractivity contribution is 14.0. The predicted octanol–water partition coefficient (Wildman–Crippen LogP) is 2.78. The number of likely N-dealkylation sites (tertiary alicyclic amines) is 1. The molecule has 1 aliphatic rings. The van der Waals surface area contributed by atoms with Gasteiger partial charge in [0.1, 0.15) is 0 Å². The highest BCUT2D eigenvalue weighted by Gasteiger charge is 2.21. The van der Waals surface area contributed by atoms with Gasteiger partial charge >= 0.3 is 0 Å². The van der Waals surface area contributed by atoms with Crippen molar-refractivity contribution in [2.24, 2.45) is 4.99 Å². The Morgan fingerprint density at radius 2 is 1.89 bits per heavy atom. The van der Waals surface area contributed by atoms with E-state index in [1.54, 1.807) is 0 Å². The van der Waals surface area contributed by atoms with E-state index >= 15 is 0 Å². The Morgan fingerprint density at radius 1 is 1.19 bits per heavy atom. The molecule has 1 aromatic carbocycles. The summed E-state index contributed by atoms with van der Waals surface area (Å²) in [5.41, 5.74) is 1.11. The summed E-state index contributed by atoms with van der Waals surface area (Å²) >= 11 is 0. The summed E-state index contributed by atoms with van der Waals surface area (Å²) in [4.78, 5) is 18.9. The van der Waals surface area contributed by atoms with Crippen LogP contribution >= 0.6 is 24.0 Å². The second-order valence-electron chi connectivity index (χ2n) is 6.39. The molecule has 2 rings (SSSR count). The summed E-state index contributed by atoms with van der Waals surface area (Å²) in [6.45, 7) is 8.65. The lowest BCUT2D eigenvalue weighted by atomic mass is 10.1. The number of hydrogen-bond donors (Lipinski definition) is 2. The summed E-state index contributed by atoms with van der Waals surface area (Å²) in [7, 11) is 0. The third-order valence-electron chi connectivity index (χ3n) is 4.41. The topological polar surface area (TPSA) is 66.0 Å². The highest BCUT2D eigenvalue weighted by Crippen LogP contribution is 2.13. The van der Waals surface area contributed by atoms with Gasteiger partial charge in [0.25, 0.3) is 0 Å². The Labute approximate surface area is 180 Å². The van der Waals surface area contributed by atoms with E-state index in [1.165, 1.54) is 0 Å². The lowest BCUT2D eigenvalue weighted by molar-refractivity contribution is -0.121. The van der Waals surface area contributed by atoms with Gasteiger partial charge in [-0.3, -0.25) is 9.79 Å². The molecule has 1 saturated heterocycles. The quantitative estimate of drug-likeness (QED) is 0.336. The molecular weight excluding hydrogens is 455 g/mol. The maximum Gasteiger partial charge on any atom is 0.222 e. The minimum atomic E-state index is 0. The summed E-state index contributed by atoms with van der Waals surface area (Å²) < 4.78 is 5.71. The minimum absolute atomic E-state index is 0. The van der Waals surface area contributed by atoms with Crippen molar-refractivity contribution in [3.8, 4) is 0 Å². The second kappa shape index (κ2) is 13.8. The third kappa shape index (κ3) is 8.92. The Kier molecular flexibility index (Phi) is 12.1. The molecule has 152 valence electrons. The van der Waals surface area contributed by atoms with Crippen molar-refractivity contribution >= 4 is 35.8 Å². The fourth-order valence-electron chi connectivity index (χ4n) is 3.04. The zero-order chi connectivity index (χ0) is 18.6. The largest absolute Gasteiger partial charge is 0.378 e. The van der Waals surface area contributed by atoms with E-state index in [0.29, 0.717) is 25.6 Å². The molecule has 2 N–H and O–H groups in total. The van der Waals surface area contributed by atoms with Gasteiger partial charge in [0.2, 0.25) is 5.91 Å². The number of piperidine rings is 1. The van der Waals surface area contributed by atoms with E-state index in [1.807, 2.05) is 37.3 Å². The van der Waals surface area contributed by atoms with Gasteiger partial charge in [-0.1, -0.05) is 30.3 Å². The van der Waals surface area contributed by atoms with Crippen LogP contribution in [-0.4, -0.2) is 55.7 Å². The number of halogens is 1. The van der Waals surface area contributed by atoms with Gasteiger partial charge in [-0.05, 0) is 32.3 Å². The number of nitrogens with one attached hydrogen (secondary N) is 2. The van der Waals surface area contributed by atoms with Crippen molar-refractivity contribution in [3.63, 3.8) is 0 Å². The highest BCUT2D eigenvalue weighted by atomic mass is 127. The van der Waals surface area contributed by atoms with Crippen LogP contribution in [0.4, 0.5) is 0 Å². The van der Waals surface area contributed by atoms with Crippen LogP contribution in [0.15, 0.2) is 35.3 Å². The van der Waals surface area contributed by atoms with Gasteiger partial charge in [0.15, 0.2) is 5.96 Å². The van der Waals surface area contributed by atoms with E-state index in [4.69, 9.17) is 4.74 Å². The molecule has 0 radical (unpaired) electrons. The van der Waals surface area contributed by atoms with Crippen molar-refractivity contribution in [2.75, 3.05) is 32.8 Å². The SMILES string of the molecule is CCNC(=NCCC(=O)NCc1ccccc1)N1CCC(OCC)CC1.I. The average molecular weight is 488 g/mol. The molecule has 0 spiro atoms. The number of amides is 1. The molecule has 0 unspecified atom stereocenters. The van der Waals surface area contributed by atoms with Crippen LogP contribution in [-0.2, 0) is 16.1 Å². The smallest absolute Gasteiger partial charge is 0.222 e. The first kappa shape index (κ1) is 23.7. The van der Waals surface area contributed by atoms with Gasteiger partial charge in [-0.25, -0.2) is 0 Å². The van der Waals surface area contributed by atoms with Crippen molar-refractivity contribution in [1.29, 1.82) is 0 Å². The van der Waals surface area contributed by atoms with Crippen LogP contribution in [0.5, 0.6) is 0 Å². The third-order valence-corrected chi connectivity index (χ3v) is 4.41.